The van der Waals surface area contributed by atoms with Crippen LogP contribution < -0.4 is 5.32 Å². The number of halogens is 3. The molecule has 2 rings (SSSR count). The van der Waals surface area contributed by atoms with Crippen molar-refractivity contribution in [3.05, 3.63) is 30.1 Å². The van der Waals surface area contributed by atoms with E-state index in [9.17, 15) is 22.8 Å². The van der Waals surface area contributed by atoms with Crippen LogP contribution in [0.5, 0.6) is 0 Å². The fourth-order valence-corrected chi connectivity index (χ4v) is 2.76. The van der Waals surface area contributed by atoms with Crippen LogP contribution in [0.4, 0.5) is 13.2 Å². The van der Waals surface area contributed by atoms with Crippen LogP contribution in [0.15, 0.2) is 24.3 Å². The van der Waals surface area contributed by atoms with Gasteiger partial charge in [0, 0.05) is 7.11 Å². The van der Waals surface area contributed by atoms with E-state index < -0.39 is 42.4 Å². The summed E-state index contributed by atoms with van der Waals surface area (Å²) in [4.78, 5) is 26.9. The van der Waals surface area contributed by atoms with Gasteiger partial charge in [-0.05, 0) is 19.1 Å². The van der Waals surface area contributed by atoms with Gasteiger partial charge in [-0.3, -0.25) is 9.59 Å². The summed E-state index contributed by atoms with van der Waals surface area (Å²) in [5.41, 5.74) is -0.994. The van der Waals surface area contributed by atoms with Gasteiger partial charge in [0.25, 0.3) is 0 Å². The van der Waals surface area contributed by atoms with Crippen molar-refractivity contribution in [3.8, 4) is 0 Å². The van der Waals surface area contributed by atoms with Crippen molar-refractivity contribution >= 4 is 22.9 Å². The van der Waals surface area contributed by atoms with Crippen LogP contribution in [0.25, 0.3) is 11.0 Å². The van der Waals surface area contributed by atoms with Gasteiger partial charge >= 0.3 is 12.1 Å². The van der Waals surface area contributed by atoms with Crippen molar-refractivity contribution in [3.63, 3.8) is 0 Å². The fourth-order valence-electron chi connectivity index (χ4n) is 2.76. The van der Waals surface area contributed by atoms with E-state index in [4.69, 9.17) is 9.84 Å². The maximum atomic E-state index is 13.3. The van der Waals surface area contributed by atoms with Gasteiger partial charge in [-0.1, -0.05) is 12.1 Å². The highest BCUT2D eigenvalue weighted by Gasteiger charge is 2.38. The van der Waals surface area contributed by atoms with Crippen LogP contribution in [-0.4, -0.2) is 45.8 Å². The van der Waals surface area contributed by atoms with Gasteiger partial charge in [-0.15, -0.1) is 0 Å². The zero-order valence-corrected chi connectivity index (χ0v) is 14.1. The van der Waals surface area contributed by atoms with Crippen LogP contribution in [0.3, 0.4) is 0 Å². The van der Waals surface area contributed by atoms with Crippen LogP contribution in [-0.2, 0) is 27.0 Å². The maximum Gasteiger partial charge on any atom is 0.449 e. The van der Waals surface area contributed by atoms with Gasteiger partial charge < -0.3 is 19.7 Å². The van der Waals surface area contributed by atoms with Gasteiger partial charge in [0.05, 0.1) is 29.6 Å². The number of aromatic nitrogens is 2. The first kappa shape index (κ1) is 19.7. The van der Waals surface area contributed by atoms with E-state index in [0.29, 0.717) is 0 Å². The summed E-state index contributed by atoms with van der Waals surface area (Å²) in [6.07, 6.45) is -5.18. The van der Waals surface area contributed by atoms with Crippen molar-refractivity contribution in [2.24, 2.45) is 0 Å². The molecule has 142 valence electrons. The number of hydrogen-bond acceptors (Lipinski definition) is 4. The molecule has 2 aromatic rings. The van der Waals surface area contributed by atoms with Crippen molar-refractivity contribution in [1.82, 2.24) is 14.9 Å². The third-order valence-corrected chi connectivity index (χ3v) is 3.66. The zero-order valence-electron chi connectivity index (χ0n) is 14.1. The number of carbonyl (C=O) groups excluding carboxylic acids is 1. The number of rotatable bonds is 7. The lowest BCUT2D eigenvalue weighted by molar-refractivity contribution is -0.147. The second-order valence-electron chi connectivity index (χ2n) is 6.12. The van der Waals surface area contributed by atoms with Crippen LogP contribution >= 0.6 is 0 Å². The molecular weight excluding hydrogens is 355 g/mol. The number of fused-ring (bicyclic) bond motifs is 1. The molecular formula is C16H18F3N3O4. The Bertz CT molecular complexity index is 819. The highest BCUT2D eigenvalue weighted by atomic mass is 19.4. The summed E-state index contributed by atoms with van der Waals surface area (Å²) in [7, 11) is 1.33. The largest absolute Gasteiger partial charge is 0.481 e. The average molecular weight is 373 g/mol. The minimum Gasteiger partial charge on any atom is -0.481 e. The predicted octanol–water partition coefficient (Wildman–Crippen LogP) is 2.05. The number of hydrogen-bond donors (Lipinski definition) is 2. The Balaban J connectivity index is 2.32. The molecule has 1 heterocycles. The number of nitrogens with one attached hydrogen (secondary N) is 1. The number of amides is 1. The van der Waals surface area contributed by atoms with Gasteiger partial charge in [-0.2, -0.15) is 13.2 Å². The number of methoxy groups -OCH3 is 1. The molecule has 0 radical (unpaired) electrons. The summed E-state index contributed by atoms with van der Waals surface area (Å²) < 4.78 is 45.4. The van der Waals surface area contributed by atoms with Crippen molar-refractivity contribution in [1.29, 1.82) is 0 Å². The zero-order chi connectivity index (χ0) is 19.5. The SMILES string of the molecule is COCC(C)(CC(=O)O)NC(=O)Cn1c(C(F)(F)F)nc2ccccc21. The molecule has 0 fully saturated rings. The molecule has 7 nitrogen and oxygen atoms in total. The lowest BCUT2D eigenvalue weighted by Crippen LogP contribution is -2.51. The first-order valence-corrected chi connectivity index (χ1v) is 7.60. The first-order chi connectivity index (χ1) is 12.1. The molecule has 1 aromatic heterocycles. The Labute approximate surface area is 146 Å². The van der Waals surface area contributed by atoms with E-state index in [1.807, 2.05) is 0 Å². The normalized spacial score (nSPS) is 14.2. The van der Waals surface area contributed by atoms with E-state index in [0.717, 1.165) is 4.57 Å². The van der Waals surface area contributed by atoms with Crippen LogP contribution in [0.1, 0.15) is 19.2 Å². The van der Waals surface area contributed by atoms with E-state index in [2.05, 4.69) is 10.3 Å². The smallest absolute Gasteiger partial charge is 0.449 e. The molecule has 0 spiro atoms. The molecule has 1 atom stereocenters. The Morgan fingerprint density at radius 1 is 1.31 bits per heavy atom. The number of nitrogens with zero attached hydrogens (tertiary/aromatic N) is 2. The molecule has 0 saturated carbocycles. The molecule has 0 saturated heterocycles. The number of carbonyl (C=O) groups is 2. The summed E-state index contributed by atoms with van der Waals surface area (Å²) in [6, 6.07) is 5.93. The highest BCUT2D eigenvalue weighted by molar-refractivity contribution is 5.82. The number of alkyl halides is 3. The Morgan fingerprint density at radius 2 is 1.96 bits per heavy atom. The molecule has 1 unspecified atom stereocenters. The molecule has 26 heavy (non-hydrogen) atoms. The number of aliphatic carboxylic acids is 1. The molecule has 1 aromatic carbocycles. The van der Waals surface area contributed by atoms with Crippen LogP contribution in [0.2, 0.25) is 0 Å². The van der Waals surface area contributed by atoms with E-state index >= 15 is 0 Å². The second-order valence-corrected chi connectivity index (χ2v) is 6.12. The fraction of sp³-hybridized carbons (Fsp3) is 0.438. The number of carboxylic acids is 1. The number of benzene rings is 1. The number of imidazole rings is 1. The second kappa shape index (κ2) is 7.32. The van der Waals surface area contributed by atoms with Gasteiger partial charge in [0.15, 0.2) is 0 Å². The third-order valence-electron chi connectivity index (χ3n) is 3.66. The highest BCUT2D eigenvalue weighted by Crippen LogP contribution is 2.31. The van der Waals surface area contributed by atoms with Crippen molar-refractivity contribution in [2.75, 3.05) is 13.7 Å². The summed E-state index contributed by atoms with van der Waals surface area (Å²) >= 11 is 0. The Morgan fingerprint density at radius 3 is 2.54 bits per heavy atom. The Hall–Kier alpha value is -2.62. The molecule has 1 amide bonds. The predicted molar refractivity (Wildman–Crippen MR) is 85.4 cm³/mol. The maximum absolute atomic E-state index is 13.3. The minimum absolute atomic E-state index is 0.109. The molecule has 0 bridgehead atoms. The molecule has 2 N–H and O–H groups in total. The molecule has 0 aliphatic rings. The van der Waals surface area contributed by atoms with Gasteiger partial charge in [-0.25, -0.2) is 4.98 Å². The first-order valence-electron chi connectivity index (χ1n) is 7.60. The van der Waals surface area contributed by atoms with E-state index in [-0.39, 0.29) is 17.6 Å². The molecule has 0 aliphatic carbocycles. The topological polar surface area (TPSA) is 93.5 Å². The minimum atomic E-state index is -4.74. The van der Waals surface area contributed by atoms with Gasteiger partial charge in [0.1, 0.15) is 6.54 Å². The number of ether oxygens (including phenoxy) is 1. The number of para-hydroxylation sites is 2. The van der Waals surface area contributed by atoms with Crippen LogP contribution in [0, 0.1) is 0 Å². The molecule has 0 aliphatic heterocycles. The average Bonchev–Trinajstić information content (AvgIpc) is 2.85. The van der Waals surface area contributed by atoms with E-state index in [1.54, 1.807) is 6.07 Å². The van der Waals surface area contributed by atoms with E-state index in [1.165, 1.54) is 32.2 Å². The monoisotopic (exact) mass is 373 g/mol. The van der Waals surface area contributed by atoms with Crippen molar-refractivity contribution < 1.29 is 32.6 Å². The summed E-state index contributed by atoms with van der Waals surface area (Å²) in [5.74, 6) is -3.14. The van der Waals surface area contributed by atoms with Gasteiger partial charge in [0.2, 0.25) is 11.7 Å². The summed E-state index contributed by atoms with van der Waals surface area (Å²) in [5, 5.41) is 11.4. The summed E-state index contributed by atoms with van der Waals surface area (Å²) in [6.45, 7) is 0.676. The Kier molecular flexibility index (Phi) is 5.55. The quantitative estimate of drug-likeness (QED) is 0.775. The standard InChI is InChI=1S/C16H18F3N3O4/c1-15(9-26-2,7-13(24)25)21-12(23)8-22-11-6-4-3-5-10(11)20-14(22)16(17,18)19/h3-6H,7-9H2,1-2H3,(H,21,23)(H,24,25). The third kappa shape index (κ3) is 4.51. The van der Waals surface area contributed by atoms with Crippen molar-refractivity contribution in [2.45, 2.75) is 31.6 Å². The molecule has 10 heteroatoms. The lowest BCUT2D eigenvalue weighted by atomic mass is 9.99. The number of carboxylic acid groups (broad SMARTS) is 1. The lowest BCUT2D eigenvalue weighted by Gasteiger charge is -2.28.